The lowest BCUT2D eigenvalue weighted by atomic mass is 9.76. The number of aliphatic hydroxyl groups is 1. The van der Waals surface area contributed by atoms with Crippen molar-refractivity contribution < 1.29 is 10.2 Å². The number of piperidine rings is 1. The summed E-state index contributed by atoms with van der Waals surface area (Å²) in [6.07, 6.45) is 8.25. The van der Waals surface area contributed by atoms with Gasteiger partial charge in [0, 0.05) is 41.8 Å². The van der Waals surface area contributed by atoms with Gasteiger partial charge in [0.25, 0.3) is 0 Å². The molecule has 4 rings (SSSR count). The van der Waals surface area contributed by atoms with Crippen LogP contribution in [0.25, 0.3) is 5.57 Å². The number of anilines is 1. The zero-order chi connectivity index (χ0) is 23.3. The molecule has 3 heterocycles. The first-order valence-corrected chi connectivity index (χ1v) is 11.8. The van der Waals surface area contributed by atoms with E-state index in [9.17, 15) is 10.2 Å². The van der Waals surface area contributed by atoms with Crippen LogP contribution in [-0.4, -0.2) is 49.6 Å². The summed E-state index contributed by atoms with van der Waals surface area (Å²) in [6.45, 7) is 11.0. The van der Waals surface area contributed by atoms with Crippen LogP contribution in [0.5, 0.6) is 5.88 Å². The number of hydrogen-bond donors (Lipinski definition) is 3. The molecule has 1 unspecified atom stereocenters. The quantitative estimate of drug-likeness (QED) is 0.622. The smallest absolute Gasteiger partial charge is 0.210 e. The van der Waals surface area contributed by atoms with E-state index in [0.29, 0.717) is 12.5 Å². The van der Waals surface area contributed by atoms with Crippen LogP contribution in [-0.2, 0) is 5.41 Å². The van der Waals surface area contributed by atoms with E-state index in [2.05, 4.69) is 60.1 Å². The average Bonchev–Trinajstić information content (AvgIpc) is 3.15. The van der Waals surface area contributed by atoms with Gasteiger partial charge in [-0.25, -0.2) is 4.98 Å². The molecule has 8 heteroatoms. The van der Waals surface area contributed by atoms with Gasteiger partial charge in [-0.1, -0.05) is 30.4 Å². The molecule has 2 aromatic rings. The molecule has 2 aromatic heterocycles. The van der Waals surface area contributed by atoms with Crippen molar-refractivity contribution in [2.24, 2.45) is 0 Å². The first-order chi connectivity index (χ1) is 14.9. The van der Waals surface area contributed by atoms with Crippen molar-refractivity contribution in [2.75, 3.05) is 11.9 Å². The van der Waals surface area contributed by atoms with Crippen LogP contribution in [0.15, 0.2) is 36.2 Å². The molecule has 0 saturated carbocycles. The van der Waals surface area contributed by atoms with Gasteiger partial charge in [0.15, 0.2) is 5.01 Å². The Balaban J connectivity index is 1.53. The van der Waals surface area contributed by atoms with Crippen LogP contribution in [0.2, 0.25) is 0 Å². The van der Waals surface area contributed by atoms with Gasteiger partial charge in [-0.3, -0.25) is 0 Å². The molecule has 1 saturated heterocycles. The Kier molecular flexibility index (Phi) is 5.57. The summed E-state index contributed by atoms with van der Waals surface area (Å²) < 4.78 is 0. The van der Waals surface area contributed by atoms with Crippen LogP contribution in [0.3, 0.4) is 0 Å². The van der Waals surface area contributed by atoms with E-state index in [0.717, 1.165) is 34.1 Å². The number of aromatic hydroxyl groups is 1. The Morgan fingerprint density at radius 1 is 1.06 bits per heavy atom. The van der Waals surface area contributed by atoms with E-state index in [1.807, 2.05) is 25.1 Å². The molecule has 3 N–H and O–H groups in total. The second-order valence-electron chi connectivity index (χ2n) is 10.6. The second kappa shape index (κ2) is 7.85. The van der Waals surface area contributed by atoms with Crippen LogP contribution in [0, 0.1) is 0 Å². The Morgan fingerprint density at radius 3 is 2.34 bits per heavy atom. The van der Waals surface area contributed by atoms with E-state index >= 15 is 0 Å². The predicted molar refractivity (Wildman–Crippen MR) is 129 cm³/mol. The fourth-order valence-electron chi connectivity index (χ4n) is 5.14. The number of aromatic nitrogens is 3. The summed E-state index contributed by atoms with van der Waals surface area (Å²) in [5.41, 5.74) is 1.36. The normalized spacial score (nSPS) is 25.2. The molecule has 0 spiro atoms. The Bertz CT molecular complexity index is 1040. The van der Waals surface area contributed by atoms with E-state index in [-0.39, 0.29) is 22.7 Å². The van der Waals surface area contributed by atoms with Gasteiger partial charge in [0.2, 0.25) is 11.0 Å². The molecule has 172 valence electrons. The molecular weight excluding hydrogens is 422 g/mol. The van der Waals surface area contributed by atoms with Crippen LogP contribution in [0.1, 0.15) is 64.5 Å². The Hall–Kier alpha value is -2.45. The minimum Gasteiger partial charge on any atom is -0.508 e. The summed E-state index contributed by atoms with van der Waals surface area (Å²) in [5.74, 6) is 0.185. The summed E-state index contributed by atoms with van der Waals surface area (Å²) in [6, 6.07) is 3.77. The molecule has 0 radical (unpaired) electrons. The molecule has 1 atom stereocenters. The third-order valence-electron chi connectivity index (χ3n) is 6.53. The molecule has 32 heavy (non-hydrogen) atoms. The lowest BCUT2D eigenvalue weighted by Crippen LogP contribution is -2.61. The maximum Gasteiger partial charge on any atom is 0.210 e. The summed E-state index contributed by atoms with van der Waals surface area (Å²) >= 11 is 1.51. The molecule has 0 amide bonds. The summed E-state index contributed by atoms with van der Waals surface area (Å²) in [5, 5.41) is 34.5. The third kappa shape index (κ3) is 4.52. The third-order valence-corrected chi connectivity index (χ3v) is 7.58. The van der Waals surface area contributed by atoms with Crippen molar-refractivity contribution in [2.45, 2.75) is 76.4 Å². The van der Waals surface area contributed by atoms with E-state index in [1.165, 1.54) is 11.3 Å². The van der Waals surface area contributed by atoms with E-state index in [1.54, 1.807) is 12.3 Å². The van der Waals surface area contributed by atoms with Crippen molar-refractivity contribution >= 4 is 22.0 Å². The number of rotatable bonds is 4. The molecule has 1 aliphatic carbocycles. The van der Waals surface area contributed by atoms with Crippen molar-refractivity contribution in [1.29, 1.82) is 0 Å². The predicted octanol–water partition coefficient (Wildman–Crippen LogP) is 4.57. The highest BCUT2D eigenvalue weighted by atomic mass is 32.1. The molecule has 1 fully saturated rings. The number of nitrogens with one attached hydrogen (secondary N) is 1. The van der Waals surface area contributed by atoms with Gasteiger partial charge < -0.3 is 20.4 Å². The zero-order valence-corrected chi connectivity index (χ0v) is 20.5. The summed E-state index contributed by atoms with van der Waals surface area (Å²) in [4.78, 5) is 6.22. The van der Waals surface area contributed by atoms with Gasteiger partial charge in [-0.15, -0.1) is 10.2 Å². The van der Waals surface area contributed by atoms with E-state index < -0.39 is 5.41 Å². The number of aliphatic hydroxyl groups excluding tert-OH is 1. The van der Waals surface area contributed by atoms with Gasteiger partial charge in [-0.2, -0.15) is 0 Å². The molecule has 0 bridgehead atoms. The van der Waals surface area contributed by atoms with Crippen LogP contribution in [0.4, 0.5) is 5.13 Å². The standard InChI is InChI=1S/C24H33N5O2S/c1-22(2)11-16(12-23(3,4)28-22)29(6)21-27-26-20(32-21)17-9-10-24(5,13-18(17)30)15-7-8-19(31)25-14-15/h7-9,13-14,16,28,30H,10-12H2,1-6H3,(H,25,31). The highest BCUT2D eigenvalue weighted by Crippen LogP contribution is 2.41. The van der Waals surface area contributed by atoms with Crippen LogP contribution < -0.4 is 10.2 Å². The molecule has 2 aliphatic rings. The highest BCUT2D eigenvalue weighted by Gasteiger charge is 2.40. The topological polar surface area (TPSA) is 94.4 Å². The van der Waals surface area contributed by atoms with Gasteiger partial charge >= 0.3 is 0 Å². The monoisotopic (exact) mass is 455 g/mol. The molecule has 7 nitrogen and oxygen atoms in total. The minimum absolute atomic E-state index is 0.0105. The molecular formula is C24H33N5O2S. The van der Waals surface area contributed by atoms with Gasteiger partial charge in [0.05, 0.1) is 5.57 Å². The van der Waals surface area contributed by atoms with Gasteiger partial charge in [-0.05, 0) is 58.6 Å². The van der Waals surface area contributed by atoms with E-state index in [4.69, 9.17) is 0 Å². The second-order valence-corrected chi connectivity index (χ2v) is 11.6. The van der Waals surface area contributed by atoms with Crippen molar-refractivity contribution in [3.05, 3.63) is 46.8 Å². The lowest BCUT2D eigenvalue weighted by Gasteiger charge is -2.48. The largest absolute Gasteiger partial charge is 0.508 e. The van der Waals surface area contributed by atoms with Gasteiger partial charge in [0.1, 0.15) is 5.76 Å². The lowest BCUT2D eigenvalue weighted by molar-refractivity contribution is 0.161. The number of allylic oxidation sites excluding steroid dienone is 3. The maximum atomic E-state index is 10.8. The fraction of sp³-hybridized carbons (Fsp3) is 0.542. The van der Waals surface area contributed by atoms with Crippen molar-refractivity contribution in [1.82, 2.24) is 20.5 Å². The first-order valence-electron chi connectivity index (χ1n) is 11.0. The van der Waals surface area contributed by atoms with Crippen LogP contribution >= 0.6 is 11.3 Å². The number of hydrogen-bond acceptors (Lipinski definition) is 8. The SMILES string of the molecule is CN(c1nnc(C2=CCC(C)(c3ccc(O)nc3)C=C2O)s1)C1CC(C)(C)NC(C)(C)C1. The average molecular weight is 456 g/mol. The Morgan fingerprint density at radius 2 is 1.75 bits per heavy atom. The Labute approximate surface area is 193 Å². The summed E-state index contributed by atoms with van der Waals surface area (Å²) in [7, 11) is 2.09. The first kappa shape index (κ1) is 22.7. The fourth-order valence-corrected chi connectivity index (χ4v) is 6.07. The molecule has 0 aromatic carbocycles. The maximum absolute atomic E-state index is 10.8. The number of pyridine rings is 1. The molecule has 1 aliphatic heterocycles. The van der Waals surface area contributed by atoms with Crippen molar-refractivity contribution in [3.63, 3.8) is 0 Å². The zero-order valence-electron chi connectivity index (χ0n) is 19.7. The highest BCUT2D eigenvalue weighted by molar-refractivity contribution is 7.16. The number of nitrogens with zero attached hydrogens (tertiary/aromatic N) is 4. The van der Waals surface area contributed by atoms with Crippen molar-refractivity contribution in [3.8, 4) is 5.88 Å². The minimum atomic E-state index is -0.398.